The van der Waals surface area contributed by atoms with E-state index in [1.54, 1.807) is 14.2 Å². The highest BCUT2D eigenvalue weighted by molar-refractivity contribution is 5.48. The molecule has 3 heteroatoms. The molecule has 126 valence electrons. The van der Waals surface area contributed by atoms with Crippen LogP contribution in [-0.2, 0) is 12.8 Å². The summed E-state index contributed by atoms with van der Waals surface area (Å²) in [5.41, 5.74) is 4.35. The van der Waals surface area contributed by atoms with Crippen LogP contribution in [0.15, 0.2) is 42.5 Å². The summed E-state index contributed by atoms with van der Waals surface area (Å²) in [6, 6.07) is 15.8. The normalized spacial score (nSPS) is 21.0. The van der Waals surface area contributed by atoms with Crippen molar-refractivity contribution in [2.24, 2.45) is 0 Å². The molecule has 1 atom stereocenters. The lowest BCUT2D eigenvalue weighted by Crippen LogP contribution is -2.33. The Morgan fingerprint density at radius 2 is 1.67 bits per heavy atom. The molecule has 1 saturated heterocycles. The van der Waals surface area contributed by atoms with Gasteiger partial charge in [-0.05, 0) is 43.0 Å². The largest absolute Gasteiger partial charge is 0.493 e. The highest BCUT2D eigenvalue weighted by atomic mass is 16.5. The molecular weight excluding hydrogens is 298 g/mol. The molecule has 4 rings (SSSR count). The molecule has 0 N–H and O–H groups in total. The molecule has 0 spiro atoms. The van der Waals surface area contributed by atoms with Crippen LogP contribution in [0.25, 0.3) is 0 Å². The molecule has 0 aromatic heterocycles. The topological polar surface area (TPSA) is 21.7 Å². The van der Waals surface area contributed by atoms with Gasteiger partial charge in [0.05, 0.1) is 14.2 Å². The molecule has 2 aliphatic rings. The van der Waals surface area contributed by atoms with Gasteiger partial charge in [0.25, 0.3) is 0 Å². The predicted molar refractivity (Wildman–Crippen MR) is 96.1 cm³/mol. The van der Waals surface area contributed by atoms with Gasteiger partial charge in [-0.1, -0.05) is 36.4 Å². The van der Waals surface area contributed by atoms with Crippen LogP contribution in [0.1, 0.15) is 29.0 Å². The van der Waals surface area contributed by atoms with Crippen molar-refractivity contribution in [3.63, 3.8) is 0 Å². The highest BCUT2D eigenvalue weighted by Gasteiger charge is 2.34. The van der Waals surface area contributed by atoms with Crippen LogP contribution in [0.5, 0.6) is 11.5 Å². The molecule has 3 nitrogen and oxygen atoms in total. The van der Waals surface area contributed by atoms with Crippen molar-refractivity contribution in [2.75, 3.05) is 27.3 Å². The second-order valence-electron chi connectivity index (χ2n) is 6.89. The Morgan fingerprint density at radius 1 is 0.917 bits per heavy atom. The molecule has 1 aliphatic carbocycles. The summed E-state index contributed by atoms with van der Waals surface area (Å²) in [6.45, 7) is 2.28. The number of benzene rings is 2. The van der Waals surface area contributed by atoms with Crippen molar-refractivity contribution in [1.82, 2.24) is 4.90 Å². The van der Waals surface area contributed by atoms with Gasteiger partial charge in [0.1, 0.15) is 0 Å². The summed E-state index contributed by atoms with van der Waals surface area (Å²) in [5, 5.41) is 0. The summed E-state index contributed by atoms with van der Waals surface area (Å²) in [4.78, 5) is 2.67. The van der Waals surface area contributed by atoms with E-state index in [2.05, 4.69) is 41.3 Å². The summed E-state index contributed by atoms with van der Waals surface area (Å²) < 4.78 is 11.1. The first-order valence-electron chi connectivity index (χ1n) is 8.82. The van der Waals surface area contributed by atoms with Crippen molar-refractivity contribution in [2.45, 2.75) is 31.2 Å². The fourth-order valence-corrected chi connectivity index (χ4v) is 4.40. The van der Waals surface area contributed by atoms with Gasteiger partial charge in [-0.2, -0.15) is 0 Å². The van der Waals surface area contributed by atoms with Crippen molar-refractivity contribution >= 4 is 0 Å². The maximum absolute atomic E-state index is 5.65. The first-order valence-corrected chi connectivity index (χ1v) is 8.82. The number of para-hydroxylation sites is 1. The molecule has 1 fully saturated rings. The number of hydrogen-bond donors (Lipinski definition) is 0. The van der Waals surface area contributed by atoms with Crippen LogP contribution in [0.2, 0.25) is 0 Å². The zero-order valence-corrected chi connectivity index (χ0v) is 14.5. The molecule has 0 saturated carbocycles. The number of hydrogen-bond acceptors (Lipinski definition) is 3. The van der Waals surface area contributed by atoms with E-state index >= 15 is 0 Å². The number of rotatable bonds is 4. The lowest BCUT2D eigenvalue weighted by atomic mass is 9.97. The third-order valence-electron chi connectivity index (χ3n) is 5.64. The minimum absolute atomic E-state index is 0.527. The highest BCUT2D eigenvalue weighted by Crippen LogP contribution is 2.40. The van der Waals surface area contributed by atoms with Crippen molar-refractivity contribution in [3.05, 3.63) is 59.2 Å². The SMILES string of the molecule is COc1cccc(C2CCN(C3Cc4ccccc4C3)C2)c1OC. The molecule has 0 radical (unpaired) electrons. The van der Waals surface area contributed by atoms with Gasteiger partial charge in [-0.25, -0.2) is 0 Å². The lowest BCUT2D eigenvalue weighted by Gasteiger charge is -2.24. The monoisotopic (exact) mass is 323 g/mol. The van der Waals surface area contributed by atoms with E-state index in [1.165, 1.54) is 42.5 Å². The fourth-order valence-electron chi connectivity index (χ4n) is 4.40. The zero-order chi connectivity index (χ0) is 16.5. The van der Waals surface area contributed by atoms with E-state index in [9.17, 15) is 0 Å². The van der Waals surface area contributed by atoms with Crippen molar-refractivity contribution in [3.8, 4) is 11.5 Å². The van der Waals surface area contributed by atoms with E-state index in [4.69, 9.17) is 9.47 Å². The van der Waals surface area contributed by atoms with E-state index in [0.717, 1.165) is 18.0 Å². The molecule has 0 amide bonds. The molecule has 1 aliphatic heterocycles. The summed E-state index contributed by atoms with van der Waals surface area (Å²) in [5.74, 6) is 2.27. The van der Waals surface area contributed by atoms with Gasteiger partial charge >= 0.3 is 0 Å². The van der Waals surface area contributed by atoms with Gasteiger partial charge in [-0.3, -0.25) is 4.90 Å². The van der Waals surface area contributed by atoms with E-state index in [-0.39, 0.29) is 0 Å². The number of nitrogens with zero attached hydrogens (tertiary/aromatic N) is 1. The number of likely N-dealkylation sites (tertiary alicyclic amines) is 1. The second kappa shape index (κ2) is 6.48. The Hall–Kier alpha value is -2.00. The maximum Gasteiger partial charge on any atom is 0.164 e. The van der Waals surface area contributed by atoms with Crippen LogP contribution < -0.4 is 9.47 Å². The van der Waals surface area contributed by atoms with Gasteiger partial charge in [0, 0.05) is 24.1 Å². The minimum Gasteiger partial charge on any atom is -0.493 e. The van der Waals surface area contributed by atoms with E-state index in [1.807, 2.05) is 6.07 Å². The zero-order valence-electron chi connectivity index (χ0n) is 14.5. The average molecular weight is 323 g/mol. The Bertz CT molecular complexity index is 703. The van der Waals surface area contributed by atoms with Crippen LogP contribution in [0.3, 0.4) is 0 Å². The quantitative estimate of drug-likeness (QED) is 0.857. The molecular formula is C21H25NO2. The average Bonchev–Trinajstić information content (AvgIpc) is 3.27. The Labute approximate surface area is 144 Å². The number of methoxy groups -OCH3 is 2. The van der Waals surface area contributed by atoms with Crippen LogP contribution in [0.4, 0.5) is 0 Å². The molecule has 2 aromatic rings. The molecule has 0 bridgehead atoms. The van der Waals surface area contributed by atoms with Gasteiger partial charge in [0.2, 0.25) is 0 Å². The number of ether oxygens (including phenoxy) is 2. The first kappa shape index (κ1) is 15.5. The minimum atomic E-state index is 0.527. The second-order valence-corrected chi connectivity index (χ2v) is 6.89. The molecule has 1 heterocycles. The molecule has 24 heavy (non-hydrogen) atoms. The van der Waals surface area contributed by atoms with Crippen LogP contribution >= 0.6 is 0 Å². The Balaban J connectivity index is 1.50. The fraction of sp³-hybridized carbons (Fsp3) is 0.429. The van der Waals surface area contributed by atoms with Crippen LogP contribution in [-0.4, -0.2) is 38.3 Å². The molecule has 2 aromatic carbocycles. The Morgan fingerprint density at radius 3 is 2.33 bits per heavy atom. The standard InChI is InChI=1S/C21H25NO2/c1-23-20-9-5-8-19(21(20)24-2)17-10-11-22(14-17)18-12-15-6-3-4-7-16(15)13-18/h3-9,17-18H,10-14H2,1-2H3. The van der Waals surface area contributed by atoms with Gasteiger partial charge < -0.3 is 9.47 Å². The maximum atomic E-state index is 5.65. The molecule has 1 unspecified atom stereocenters. The predicted octanol–water partition coefficient (Wildman–Crippen LogP) is 3.66. The Kier molecular flexibility index (Phi) is 4.19. The first-order chi connectivity index (χ1) is 11.8. The smallest absolute Gasteiger partial charge is 0.164 e. The van der Waals surface area contributed by atoms with Gasteiger partial charge in [-0.15, -0.1) is 0 Å². The number of fused-ring (bicyclic) bond motifs is 1. The third kappa shape index (κ3) is 2.67. The summed E-state index contributed by atoms with van der Waals surface area (Å²) >= 11 is 0. The van der Waals surface area contributed by atoms with Crippen LogP contribution in [0, 0.1) is 0 Å². The lowest BCUT2D eigenvalue weighted by molar-refractivity contribution is 0.246. The van der Waals surface area contributed by atoms with Gasteiger partial charge in [0.15, 0.2) is 11.5 Å². The summed E-state index contributed by atoms with van der Waals surface area (Å²) in [6.07, 6.45) is 3.58. The van der Waals surface area contributed by atoms with E-state index in [0.29, 0.717) is 12.0 Å². The summed E-state index contributed by atoms with van der Waals surface area (Å²) in [7, 11) is 3.44. The third-order valence-corrected chi connectivity index (χ3v) is 5.64. The van der Waals surface area contributed by atoms with Crippen molar-refractivity contribution < 1.29 is 9.47 Å². The van der Waals surface area contributed by atoms with E-state index < -0.39 is 0 Å². The van der Waals surface area contributed by atoms with Crippen molar-refractivity contribution in [1.29, 1.82) is 0 Å².